The predicted octanol–water partition coefficient (Wildman–Crippen LogP) is 14.0. The van der Waals surface area contributed by atoms with E-state index >= 15 is 0 Å². The Balaban J connectivity index is 1.06. The first-order chi connectivity index (χ1) is 26.3. The highest BCUT2D eigenvalue weighted by Crippen LogP contribution is 2.43. The fraction of sp³-hybridized carbons (Fsp3) is 0. The van der Waals surface area contributed by atoms with Gasteiger partial charge in [0.25, 0.3) is 0 Å². The van der Waals surface area contributed by atoms with Gasteiger partial charge in [0.2, 0.25) is 0 Å². The summed E-state index contributed by atoms with van der Waals surface area (Å²) in [6.07, 6.45) is 0. The van der Waals surface area contributed by atoms with Gasteiger partial charge >= 0.3 is 0 Å². The van der Waals surface area contributed by atoms with Gasteiger partial charge in [-0.1, -0.05) is 140 Å². The molecule has 0 aliphatic heterocycles. The van der Waals surface area contributed by atoms with E-state index in [-0.39, 0.29) is 0 Å². The predicted molar refractivity (Wildman–Crippen MR) is 222 cm³/mol. The molecule has 3 heteroatoms. The lowest BCUT2D eigenvalue weighted by atomic mass is 10.00. The minimum Gasteiger partial charge on any atom is -0.453 e. The molecule has 0 fully saturated rings. The maximum absolute atomic E-state index is 6.88. The zero-order chi connectivity index (χ0) is 35.1. The first kappa shape index (κ1) is 30.7. The van der Waals surface area contributed by atoms with Crippen LogP contribution < -0.4 is 4.90 Å². The molecule has 0 radical (unpaired) electrons. The number of aromatic nitrogens is 1. The quantitative estimate of drug-likeness (QED) is 0.167. The Bertz CT molecular complexity index is 2850. The highest BCUT2D eigenvalue weighted by molar-refractivity contribution is 6.18. The minimum absolute atomic E-state index is 0.888. The second kappa shape index (κ2) is 12.9. The molecule has 0 saturated carbocycles. The van der Waals surface area contributed by atoms with Crippen LogP contribution in [0, 0.1) is 0 Å². The molecule has 10 rings (SSSR count). The lowest BCUT2D eigenvalue weighted by molar-refractivity contribution is 0.674. The maximum atomic E-state index is 6.88. The molecule has 0 unspecified atom stereocenters. The van der Waals surface area contributed by atoms with Gasteiger partial charge in [0.15, 0.2) is 5.58 Å². The molecule has 0 atom stereocenters. The third kappa shape index (κ3) is 5.38. The topological polar surface area (TPSA) is 21.3 Å². The third-order valence-electron chi connectivity index (χ3n) is 10.2. The molecule has 8 aromatic carbocycles. The molecule has 10 aromatic rings. The van der Waals surface area contributed by atoms with Gasteiger partial charge in [-0.05, 0) is 94.5 Å². The SMILES string of the molecule is c1ccc(-c2ccc(-c3ccc(N(c4ccccc4)c4cccc(-c5cccc6c5oc5c7ccccc7n(-c7ccccc7)c65)c4)cc3)cc2)cc1. The number of hydrogen-bond donors (Lipinski definition) is 0. The number of hydrogen-bond acceptors (Lipinski definition) is 2. The summed E-state index contributed by atoms with van der Waals surface area (Å²) >= 11 is 0. The Hall–Kier alpha value is -7.10. The molecule has 0 N–H and O–H groups in total. The van der Waals surface area contributed by atoms with Crippen LogP contribution in [0.25, 0.3) is 72.0 Å². The number of fused-ring (bicyclic) bond motifs is 5. The second-order valence-electron chi connectivity index (χ2n) is 13.4. The van der Waals surface area contributed by atoms with Crippen LogP contribution in [-0.4, -0.2) is 4.57 Å². The van der Waals surface area contributed by atoms with Crippen molar-refractivity contribution in [3.8, 4) is 39.1 Å². The molecular formula is C50H34N2O. The first-order valence-corrected chi connectivity index (χ1v) is 18.0. The number of furan rings is 1. The van der Waals surface area contributed by atoms with Gasteiger partial charge in [-0.25, -0.2) is 0 Å². The van der Waals surface area contributed by atoms with E-state index in [0.29, 0.717) is 0 Å². The molecule has 3 nitrogen and oxygen atoms in total. The van der Waals surface area contributed by atoms with Crippen molar-refractivity contribution in [1.29, 1.82) is 0 Å². The summed E-state index contributed by atoms with van der Waals surface area (Å²) in [5.74, 6) is 0. The molecule has 250 valence electrons. The van der Waals surface area contributed by atoms with Crippen molar-refractivity contribution in [2.75, 3.05) is 4.90 Å². The Morgan fingerprint density at radius 1 is 0.358 bits per heavy atom. The van der Waals surface area contributed by atoms with Crippen LogP contribution in [0.3, 0.4) is 0 Å². The van der Waals surface area contributed by atoms with Gasteiger partial charge in [0.1, 0.15) is 11.1 Å². The fourth-order valence-electron chi connectivity index (χ4n) is 7.69. The Morgan fingerprint density at radius 2 is 0.868 bits per heavy atom. The lowest BCUT2D eigenvalue weighted by Gasteiger charge is -2.26. The van der Waals surface area contributed by atoms with Gasteiger partial charge in [-0.3, -0.25) is 0 Å². The van der Waals surface area contributed by atoms with Crippen LogP contribution in [0.4, 0.5) is 17.1 Å². The van der Waals surface area contributed by atoms with Gasteiger partial charge in [-0.2, -0.15) is 0 Å². The second-order valence-corrected chi connectivity index (χ2v) is 13.4. The van der Waals surface area contributed by atoms with E-state index in [1.165, 1.54) is 22.3 Å². The summed E-state index contributed by atoms with van der Waals surface area (Å²) in [6.45, 7) is 0. The van der Waals surface area contributed by atoms with Crippen LogP contribution in [0.5, 0.6) is 0 Å². The highest BCUT2D eigenvalue weighted by Gasteiger charge is 2.22. The average molecular weight is 679 g/mol. The summed E-state index contributed by atoms with van der Waals surface area (Å²) in [5, 5.41) is 2.20. The number of nitrogens with zero attached hydrogens (tertiary/aromatic N) is 2. The van der Waals surface area contributed by atoms with Crippen LogP contribution in [-0.2, 0) is 0 Å². The molecule has 0 bridgehead atoms. The van der Waals surface area contributed by atoms with Crippen LogP contribution >= 0.6 is 0 Å². The standard InChI is InChI=1S/C50H34N2O/c1-4-14-35(15-5-1)36-26-28-37(29-27-36)38-30-32-42(33-31-38)51(40-17-6-2-7-18-40)43-21-12-16-39(34-43)44-23-13-24-46-48-50(53-49(44)46)45-22-10-11-25-47(45)52(48)41-19-8-3-9-20-41/h1-34H. The third-order valence-corrected chi connectivity index (χ3v) is 10.2. The minimum atomic E-state index is 0.888. The zero-order valence-corrected chi connectivity index (χ0v) is 28.9. The normalized spacial score (nSPS) is 11.4. The van der Waals surface area contributed by atoms with Crippen molar-refractivity contribution in [1.82, 2.24) is 4.57 Å². The Labute approximate surface area is 308 Å². The van der Waals surface area contributed by atoms with Crippen molar-refractivity contribution in [3.05, 3.63) is 206 Å². The fourth-order valence-corrected chi connectivity index (χ4v) is 7.69. The lowest BCUT2D eigenvalue weighted by Crippen LogP contribution is -2.09. The molecule has 0 saturated heterocycles. The van der Waals surface area contributed by atoms with Gasteiger partial charge in [0, 0.05) is 39.1 Å². The average Bonchev–Trinajstić information content (AvgIpc) is 3.77. The molecule has 0 aliphatic carbocycles. The largest absolute Gasteiger partial charge is 0.453 e. The van der Waals surface area contributed by atoms with Gasteiger partial charge < -0.3 is 13.9 Å². The van der Waals surface area contributed by atoms with Crippen molar-refractivity contribution < 1.29 is 4.42 Å². The summed E-state index contributed by atoms with van der Waals surface area (Å²) in [6, 6.07) is 73.1. The molecule has 0 spiro atoms. The van der Waals surface area contributed by atoms with E-state index in [9.17, 15) is 0 Å². The number of benzene rings is 8. The van der Waals surface area contributed by atoms with Crippen LogP contribution in [0.15, 0.2) is 211 Å². The first-order valence-electron chi connectivity index (χ1n) is 18.0. The Morgan fingerprint density at radius 3 is 1.58 bits per heavy atom. The Kier molecular flexibility index (Phi) is 7.47. The summed E-state index contributed by atoms with van der Waals surface area (Å²) in [7, 11) is 0. The van der Waals surface area contributed by atoms with Crippen molar-refractivity contribution >= 4 is 50.0 Å². The number of rotatable bonds is 7. The number of para-hydroxylation sites is 4. The van der Waals surface area contributed by atoms with Crippen molar-refractivity contribution in [3.63, 3.8) is 0 Å². The van der Waals surface area contributed by atoms with E-state index in [1.54, 1.807) is 0 Å². The summed E-state index contributed by atoms with van der Waals surface area (Å²) in [4.78, 5) is 2.32. The molecule has 2 heterocycles. The van der Waals surface area contributed by atoms with Gasteiger partial charge in [-0.15, -0.1) is 0 Å². The monoisotopic (exact) mass is 678 g/mol. The maximum Gasteiger partial charge on any atom is 0.161 e. The smallest absolute Gasteiger partial charge is 0.161 e. The molecule has 2 aromatic heterocycles. The summed E-state index contributed by atoms with van der Waals surface area (Å²) in [5.41, 5.74) is 15.3. The van der Waals surface area contributed by atoms with Crippen molar-refractivity contribution in [2.45, 2.75) is 0 Å². The van der Waals surface area contributed by atoms with Crippen LogP contribution in [0.2, 0.25) is 0 Å². The molecule has 0 amide bonds. The molecule has 0 aliphatic rings. The van der Waals surface area contributed by atoms with E-state index in [1.807, 2.05) is 0 Å². The van der Waals surface area contributed by atoms with Crippen LogP contribution in [0.1, 0.15) is 0 Å². The van der Waals surface area contributed by atoms with Crippen molar-refractivity contribution in [2.24, 2.45) is 0 Å². The number of anilines is 3. The molecular weight excluding hydrogens is 645 g/mol. The molecule has 53 heavy (non-hydrogen) atoms. The van der Waals surface area contributed by atoms with E-state index in [2.05, 4.69) is 216 Å². The zero-order valence-electron chi connectivity index (χ0n) is 28.9. The van der Waals surface area contributed by atoms with E-state index in [0.717, 1.165) is 66.8 Å². The van der Waals surface area contributed by atoms with E-state index in [4.69, 9.17) is 4.42 Å². The summed E-state index contributed by atoms with van der Waals surface area (Å²) < 4.78 is 9.20. The highest BCUT2D eigenvalue weighted by atomic mass is 16.3. The van der Waals surface area contributed by atoms with Gasteiger partial charge in [0.05, 0.1) is 5.52 Å². The van der Waals surface area contributed by atoms with E-state index < -0.39 is 0 Å².